The van der Waals surface area contributed by atoms with Gasteiger partial charge in [0.25, 0.3) is 0 Å². The summed E-state index contributed by atoms with van der Waals surface area (Å²) in [5, 5.41) is 10.4. The Morgan fingerprint density at radius 2 is 2.07 bits per heavy atom. The maximum Gasteiger partial charge on any atom is 0.219 e. The summed E-state index contributed by atoms with van der Waals surface area (Å²) in [6.45, 7) is 3.19. The zero-order chi connectivity index (χ0) is 18.9. The number of aromatic nitrogens is 2. The largest absolute Gasteiger partial charge is 0.439 e. The highest BCUT2D eigenvalue weighted by atomic mass is 16.5. The molecule has 2 aromatic heterocycles. The van der Waals surface area contributed by atoms with Gasteiger partial charge in [-0.2, -0.15) is 0 Å². The lowest BCUT2D eigenvalue weighted by atomic mass is 10.1. The molecular formula is C21H23N5O2. The zero-order valence-corrected chi connectivity index (χ0v) is 15.5. The van der Waals surface area contributed by atoms with Gasteiger partial charge in [0.15, 0.2) is 0 Å². The number of aliphatic hydroxyl groups excluding tert-OH is 1. The first-order chi connectivity index (χ1) is 13.7. The Bertz CT molecular complexity index is 966. The maximum atomic E-state index is 9.40. The molecule has 0 radical (unpaired) electrons. The van der Waals surface area contributed by atoms with E-state index in [1.807, 2.05) is 36.5 Å². The van der Waals surface area contributed by atoms with Crippen LogP contribution in [-0.2, 0) is 6.54 Å². The number of hydrogen-bond donors (Lipinski definition) is 3. The van der Waals surface area contributed by atoms with Crippen molar-refractivity contribution in [1.82, 2.24) is 25.7 Å². The minimum absolute atomic E-state index is 0.186. The Hall–Kier alpha value is -2.58. The highest BCUT2D eigenvalue weighted by molar-refractivity contribution is 5.80. The Morgan fingerprint density at radius 1 is 1.14 bits per heavy atom. The summed E-state index contributed by atoms with van der Waals surface area (Å²) >= 11 is 0. The molecule has 2 aliphatic rings. The topological polar surface area (TPSA) is 82.5 Å². The van der Waals surface area contributed by atoms with E-state index in [9.17, 15) is 5.11 Å². The molecule has 28 heavy (non-hydrogen) atoms. The van der Waals surface area contributed by atoms with E-state index in [0.29, 0.717) is 11.9 Å². The summed E-state index contributed by atoms with van der Waals surface area (Å²) in [5.74, 6) is 1.32. The zero-order valence-electron chi connectivity index (χ0n) is 15.5. The van der Waals surface area contributed by atoms with Crippen LogP contribution in [0.25, 0.3) is 10.9 Å². The molecule has 1 atom stereocenters. The molecule has 4 heterocycles. The molecule has 7 nitrogen and oxygen atoms in total. The van der Waals surface area contributed by atoms with Gasteiger partial charge in [0.2, 0.25) is 5.88 Å². The number of fused-ring (bicyclic) bond motifs is 1. The van der Waals surface area contributed by atoms with Crippen LogP contribution in [0.2, 0.25) is 0 Å². The van der Waals surface area contributed by atoms with Crippen LogP contribution in [0.3, 0.4) is 0 Å². The second-order valence-electron chi connectivity index (χ2n) is 7.45. The fourth-order valence-electron chi connectivity index (χ4n) is 3.71. The van der Waals surface area contributed by atoms with Crippen LogP contribution in [0.15, 0.2) is 48.7 Å². The van der Waals surface area contributed by atoms with Gasteiger partial charge in [0.05, 0.1) is 17.3 Å². The summed E-state index contributed by atoms with van der Waals surface area (Å²) in [6.07, 6.45) is 2.73. The Kier molecular flexibility index (Phi) is 4.66. The van der Waals surface area contributed by atoms with Crippen molar-refractivity contribution in [3.05, 3.63) is 59.9 Å². The average Bonchev–Trinajstić information content (AvgIpc) is 3.22. The lowest BCUT2D eigenvalue weighted by molar-refractivity contribution is -0.00348. The average molecular weight is 377 g/mol. The Balaban J connectivity index is 1.28. The highest BCUT2D eigenvalue weighted by Crippen LogP contribution is 2.26. The van der Waals surface area contributed by atoms with Gasteiger partial charge in [-0.3, -0.25) is 20.7 Å². The number of nitrogens with one attached hydrogen (secondary N) is 2. The number of β-amino-alcohol motifs (C(OH)–C–C–N with tert-alkyl or cyclic N) is 1. The third-order valence-corrected chi connectivity index (χ3v) is 5.26. The second-order valence-corrected chi connectivity index (χ2v) is 7.45. The van der Waals surface area contributed by atoms with Gasteiger partial charge in [0.1, 0.15) is 5.75 Å². The lowest BCUT2D eigenvalue weighted by Gasteiger charge is -2.35. The number of likely N-dealkylation sites (tertiary alicyclic amines) is 1. The van der Waals surface area contributed by atoms with Gasteiger partial charge >= 0.3 is 0 Å². The SMILES string of the molecule is OC1CN(Cc2ccc3cc(Oc4ccc(C5CCNN5)cn4)ccc3n2)C1. The molecule has 0 saturated carbocycles. The molecule has 7 heteroatoms. The van der Waals surface area contributed by atoms with E-state index in [0.717, 1.165) is 60.5 Å². The van der Waals surface area contributed by atoms with Crippen LogP contribution >= 0.6 is 0 Å². The predicted octanol–water partition coefficient (Wildman–Crippen LogP) is 2.14. The number of ether oxygens (including phenoxy) is 1. The van der Waals surface area contributed by atoms with E-state index in [1.165, 1.54) is 0 Å². The van der Waals surface area contributed by atoms with Crippen LogP contribution < -0.4 is 15.6 Å². The lowest BCUT2D eigenvalue weighted by Crippen LogP contribution is -2.49. The van der Waals surface area contributed by atoms with E-state index in [1.54, 1.807) is 0 Å². The number of nitrogens with zero attached hydrogens (tertiary/aromatic N) is 3. The standard InChI is InChI=1S/C21H23N5O2/c27-17-12-26(13-17)11-16-3-1-14-9-18(4-5-19(14)24-16)28-21-6-2-15(10-22-21)20-7-8-23-25-20/h1-6,9-10,17,20,23,25,27H,7-8,11-13H2. The second kappa shape index (κ2) is 7.44. The van der Waals surface area contributed by atoms with Crippen LogP contribution in [0.1, 0.15) is 23.7 Å². The minimum atomic E-state index is -0.186. The molecule has 2 aliphatic heterocycles. The van der Waals surface area contributed by atoms with Crippen LogP contribution in [0, 0.1) is 0 Å². The van der Waals surface area contributed by atoms with E-state index in [-0.39, 0.29) is 6.10 Å². The first-order valence-corrected chi connectivity index (χ1v) is 9.65. The fourth-order valence-corrected chi connectivity index (χ4v) is 3.71. The van der Waals surface area contributed by atoms with Crippen LogP contribution in [0.4, 0.5) is 0 Å². The van der Waals surface area contributed by atoms with Gasteiger partial charge < -0.3 is 9.84 Å². The normalized spacial score (nSPS) is 20.4. The molecule has 2 saturated heterocycles. The number of pyridine rings is 2. The number of aliphatic hydroxyl groups is 1. The number of benzene rings is 1. The highest BCUT2D eigenvalue weighted by Gasteiger charge is 2.24. The van der Waals surface area contributed by atoms with Gasteiger partial charge in [0, 0.05) is 49.9 Å². The number of hydrogen-bond acceptors (Lipinski definition) is 7. The predicted molar refractivity (Wildman–Crippen MR) is 106 cm³/mol. The van der Waals surface area contributed by atoms with Gasteiger partial charge in [-0.1, -0.05) is 12.1 Å². The van der Waals surface area contributed by atoms with Crippen LogP contribution in [-0.4, -0.2) is 45.7 Å². The molecule has 5 rings (SSSR count). The summed E-state index contributed by atoms with van der Waals surface area (Å²) in [5.41, 5.74) is 9.48. The van der Waals surface area contributed by atoms with Crippen molar-refractivity contribution in [2.45, 2.75) is 25.1 Å². The molecule has 0 amide bonds. The van der Waals surface area contributed by atoms with Gasteiger partial charge in [-0.25, -0.2) is 4.98 Å². The minimum Gasteiger partial charge on any atom is -0.439 e. The van der Waals surface area contributed by atoms with Crippen molar-refractivity contribution in [2.24, 2.45) is 0 Å². The fraction of sp³-hybridized carbons (Fsp3) is 0.333. The first kappa shape index (κ1) is 17.5. The van der Waals surface area contributed by atoms with Crippen molar-refractivity contribution in [3.63, 3.8) is 0 Å². The number of hydrazine groups is 1. The molecule has 1 aromatic carbocycles. The maximum absolute atomic E-state index is 9.40. The monoisotopic (exact) mass is 377 g/mol. The third kappa shape index (κ3) is 3.70. The first-order valence-electron chi connectivity index (χ1n) is 9.65. The van der Waals surface area contributed by atoms with E-state index >= 15 is 0 Å². The molecule has 2 fully saturated rings. The van der Waals surface area contributed by atoms with Gasteiger partial charge in [-0.05, 0) is 36.2 Å². The summed E-state index contributed by atoms with van der Waals surface area (Å²) < 4.78 is 5.93. The Morgan fingerprint density at radius 3 is 2.82 bits per heavy atom. The molecule has 0 spiro atoms. The third-order valence-electron chi connectivity index (χ3n) is 5.26. The summed E-state index contributed by atoms with van der Waals surface area (Å²) in [6, 6.07) is 14.2. The van der Waals surface area contributed by atoms with Crippen molar-refractivity contribution >= 4 is 10.9 Å². The molecular weight excluding hydrogens is 354 g/mol. The van der Waals surface area contributed by atoms with Crippen molar-refractivity contribution in [1.29, 1.82) is 0 Å². The molecule has 1 unspecified atom stereocenters. The van der Waals surface area contributed by atoms with Crippen molar-refractivity contribution in [3.8, 4) is 11.6 Å². The van der Waals surface area contributed by atoms with Gasteiger partial charge in [-0.15, -0.1) is 0 Å². The molecule has 3 N–H and O–H groups in total. The van der Waals surface area contributed by atoms with E-state index in [4.69, 9.17) is 9.72 Å². The van der Waals surface area contributed by atoms with E-state index < -0.39 is 0 Å². The smallest absolute Gasteiger partial charge is 0.219 e. The molecule has 0 aliphatic carbocycles. The van der Waals surface area contributed by atoms with Crippen molar-refractivity contribution in [2.75, 3.05) is 19.6 Å². The summed E-state index contributed by atoms with van der Waals surface area (Å²) in [7, 11) is 0. The van der Waals surface area contributed by atoms with Crippen molar-refractivity contribution < 1.29 is 9.84 Å². The Labute approximate surface area is 163 Å². The molecule has 3 aromatic rings. The summed E-state index contributed by atoms with van der Waals surface area (Å²) in [4.78, 5) is 11.3. The van der Waals surface area contributed by atoms with Crippen LogP contribution in [0.5, 0.6) is 11.6 Å². The quantitative estimate of drug-likeness (QED) is 0.628. The molecule has 144 valence electrons. The van der Waals surface area contributed by atoms with E-state index in [2.05, 4.69) is 32.9 Å². The number of rotatable bonds is 5. The molecule has 0 bridgehead atoms.